The van der Waals surface area contributed by atoms with E-state index < -0.39 is 0 Å². The van der Waals surface area contributed by atoms with Gasteiger partial charge in [-0.05, 0) is 39.3 Å². The van der Waals surface area contributed by atoms with Crippen LogP contribution < -0.4 is 5.32 Å². The minimum atomic E-state index is 0.279. The third-order valence-electron chi connectivity index (χ3n) is 4.03. The van der Waals surface area contributed by atoms with Gasteiger partial charge in [-0.25, -0.2) is 0 Å². The molecule has 0 amide bonds. The molecule has 4 nitrogen and oxygen atoms in total. The first-order chi connectivity index (χ1) is 8.78. The summed E-state index contributed by atoms with van der Waals surface area (Å²) in [6.07, 6.45) is 3.97. The maximum absolute atomic E-state index is 5.75. The van der Waals surface area contributed by atoms with Crippen LogP contribution in [-0.4, -0.2) is 62.5 Å². The fourth-order valence-electron chi connectivity index (χ4n) is 2.83. The third kappa shape index (κ3) is 4.50. The van der Waals surface area contributed by atoms with Crippen molar-refractivity contribution in [3.8, 4) is 0 Å². The van der Waals surface area contributed by atoms with Crippen LogP contribution in [0.1, 0.15) is 33.1 Å². The number of hydrogen-bond acceptors (Lipinski definition) is 4. The molecule has 2 aliphatic rings. The highest BCUT2D eigenvalue weighted by Crippen LogP contribution is 2.11. The standard InChI is InChI=1S/C14H28N2O2/c1-3-13-5-7-16(6-4-12(2)15-13)10-14-11-17-8-9-18-14/h12-15H,3-11H2,1-2H3. The van der Waals surface area contributed by atoms with E-state index >= 15 is 0 Å². The van der Waals surface area contributed by atoms with Gasteiger partial charge in [0.1, 0.15) is 0 Å². The highest BCUT2D eigenvalue weighted by molar-refractivity contribution is 4.78. The summed E-state index contributed by atoms with van der Waals surface area (Å²) in [6, 6.07) is 1.30. The van der Waals surface area contributed by atoms with Gasteiger partial charge in [0.25, 0.3) is 0 Å². The Morgan fingerprint density at radius 3 is 2.78 bits per heavy atom. The zero-order chi connectivity index (χ0) is 12.8. The lowest BCUT2D eigenvalue weighted by molar-refractivity contribution is -0.0981. The smallest absolute Gasteiger partial charge is 0.0936 e. The largest absolute Gasteiger partial charge is 0.376 e. The Kier molecular flexibility index (Phi) is 5.89. The predicted molar refractivity (Wildman–Crippen MR) is 72.9 cm³/mol. The minimum absolute atomic E-state index is 0.279. The molecule has 2 aliphatic heterocycles. The van der Waals surface area contributed by atoms with E-state index in [0.717, 1.165) is 26.4 Å². The molecule has 2 heterocycles. The summed E-state index contributed by atoms with van der Waals surface area (Å²) >= 11 is 0. The predicted octanol–water partition coefficient (Wildman–Crippen LogP) is 1.25. The van der Waals surface area contributed by atoms with Crippen LogP contribution in [0.15, 0.2) is 0 Å². The lowest BCUT2D eigenvalue weighted by atomic mass is 10.1. The number of rotatable bonds is 3. The third-order valence-corrected chi connectivity index (χ3v) is 4.03. The van der Waals surface area contributed by atoms with Crippen LogP contribution in [-0.2, 0) is 9.47 Å². The quantitative estimate of drug-likeness (QED) is 0.824. The van der Waals surface area contributed by atoms with Crippen molar-refractivity contribution in [1.82, 2.24) is 10.2 Å². The van der Waals surface area contributed by atoms with E-state index in [1.54, 1.807) is 0 Å². The molecule has 0 aromatic heterocycles. The summed E-state index contributed by atoms with van der Waals surface area (Å²) in [5, 5.41) is 3.71. The molecule has 0 aromatic carbocycles. The molecule has 0 radical (unpaired) electrons. The van der Waals surface area contributed by atoms with E-state index in [1.165, 1.54) is 32.4 Å². The zero-order valence-corrected chi connectivity index (χ0v) is 11.9. The Morgan fingerprint density at radius 2 is 2.06 bits per heavy atom. The summed E-state index contributed by atoms with van der Waals surface area (Å²) < 4.78 is 11.2. The second kappa shape index (κ2) is 7.43. The van der Waals surface area contributed by atoms with Crippen molar-refractivity contribution in [3.05, 3.63) is 0 Å². The van der Waals surface area contributed by atoms with Crippen LogP contribution in [0.4, 0.5) is 0 Å². The van der Waals surface area contributed by atoms with E-state index in [9.17, 15) is 0 Å². The second-order valence-corrected chi connectivity index (χ2v) is 5.62. The highest BCUT2D eigenvalue weighted by Gasteiger charge is 2.21. The molecule has 0 spiro atoms. The van der Waals surface area contributed by atoms with Gasteiger partial charge in [-0.15, -0.1) is 0 Å². The second-order valence-electron chi connectivity index (χ2n) is 5.62. The fraction of sp³-hybridized carbons (Fsp3) is 1.00. The molecule has 0 aliphatic carbocycles. The summed E-state index contributed by atoms with van der Waals surface area (Å²) in [5.74, 6) is 0. The number of nitrogens with one attached hydrogen (secondary N) is 1. The first-order valence-corrected chi connectivity index (χ1v) is 7.45. The van der Waals surface area contributed by atoms with Gasteiger partial charge >= 0.3 is 0 Å². The Balaban J connectivity index is 1.79. The highest BCUT2D eigenvalue weighted by atomic mass is 16.6. The van der Waals surface area contributed by atoms with Gasteiger partial charge < -0.3 is 19.7 Å². The molecule has 0 aromatic rings. The van der Waals surface area contributed by atoms with Gasteiger partial charge in [-0.3, -0.25) is 0 Å². The molecule has 2 rings (SSSR count). The maximum atomic E-state index is 5.75. The van der Waals surface area contributed by atoms with Crippen molar-refractivity contribution in [2.75, 3.05) is 39.5 Å². The van der Waals surface area contributed by atoms with Crippen LogP contribution in [0.5, 0.6) is 0 Å². The van der Waals surface area contributed by atoms with Crippen molar-refractivity contribution < 1.29 is 9.47 Å². The molecule has 4 heteroatoms. The maximum Gasteiger partial charge on any atom is 0.0936 e. The first-order valence-electron chi connectivity index (χ1n) is 7.45. The van der Waals surface area contributed by atoms with Crippen LogP contribution in [0, 0.1) is 0 Å². The molecule has 3 unspecified atom stereocenters. The van der Waals surface area contributed by atoms with E-state index in [0.29, 0.717) is 12.1 Å². The van der Waals surface area contributed by atoms with E-state index in [1.807, 2.05) is 0 Å². The normalized spacial score (nSPS) is 36.0. The molecule has 2 saturated heterocycles. The summed E-state index contributed by atoms with van der Waals surface area (Å²) in [4.78, 5) is 2.55. The van der Waals surface area contributed by atoms with Crippen molar-refractivity contribution in [1.29, 1.82) is 0 Å². The molecule has 2 fully saturated rings. The Hall–Kier alpha value is -0.160. The summed E-state index contributed by atoms with van der Waals surface area (Å²) in [5.41, 5.74) is 0. The van der Waals surface area contributed by atoms with Gasteiger partial charge in [-0.1, -0.05) is 6.92 Å². The number of nitrogens with zero attached hydrogens (tertiary/aromatic N) is 1. The molecule has 1 N–H and O–H groups in total. The zero-order valence-electron chi connectivity index (χ0n) is 11.9. The minimum Gasteiger partial charge on any atom is -0.376 e. The SMILES string of the molecule is CCC1CCN(CC2COCCO2)CCC(C)N1. The molecular weight excluding hydrogens is 228 g/mol. The Labute approximate surface area is 111 Å². The first kappa shape index (κ1) is 14.3. The fourth-order valence-corrected chi connectivity index (χ4v) is 2.83. The van der Waals surface area contributed by atoms with Gasteiger partial charge in [0.05, 0.1) is 25.9 Å². The van der Waals surface area contributed by atoms with Crippen molar-refractivity contribution in [2.45, 2.75) is 51.3 Å². The summed E-state index contributed by atoms with van der Waals surface area (Å²) in [7, 11) is 0. The Bertz CT molecular complexity index is 232. The van der Waals surface area contributed by atoms with Crippen LogP contribution in [0.25, 0.3) is 0 Å². The number of ether oxygens (including phenoxy) is 2. The van der Waals surface area contributed by atoms with Crippen molar-refractivity contribution in [3.63, 3.8) is 0 Å². The van der Waals surface area contributed by atoms with Gasteiger partial charge in [0.2, 0.25) is 0 Å². The molecular formula is C14H28N2O2. The monoisotopic (exact) mass is 256 g/mol. The van der Waals surface area contributed by atoms with Crippen molar-refractivity contribution >= 4 is 0 Å². The lowest BCUT2D eigenvalue weighted by Crippen LogP contribution is -2.47. The van der Waals surface area contributed by atoms with Gasteiger partial charge in [0, 0.05) is 18.6 Å². The van der Waals surface area contributed by atoms with E-state index in [2.05, 4.69) is 24.1 Å². The van der Waals surface area contributed by atoms with Crippen LogP contribution in [0.3, 0.4) is 0 Å². The lowest BCUT2D eigenvalue weighted by Gasteiger charge is -2.34. The summed E-state index contributed by atoms with van der Waals surface area (Å²) in [6.45, 7) is 10.2. The van der Waals surface area contributed by atoms with Gasteiger partial charge in [-0.2, -0.15) is 0 Å². The van der Waals surface area contributed by atoms with E-state index in [4.69, 9.17) is 9.47 Å². The van der Waals surface area contributed by atoms with Gasteiger partial charge in [0.15, 0.2) is 0 Å². The number of hydrogen-bond donors (Lipinski definition) is 1. The van der Waals surface area contributed by atoms with Crippen LogP contribution >= 0.6 is 0 Å². The molecule has 0 bridgehead atoms. The van der Waals surface area contributed by atoms with Crippen molar-refractivity contribution in [2.24, 2.45) is 0 Å². The average Bonchev–Trinajstić information content (AvgIpc) is 2.39. The van der Waals surface area contributed by atoms with Crippen LogP contribution in [0.2, 0.25) is 0 Å². The van der Waals surface area contributed by atoms with E-state index in [-0.39, 0.29) is 6.10 Å². The topological polar surface area (TPSA) is 33.7 Å². The molecule has 106 valence electrons. The molecule has 18 heavy (non-hydrogen) atoms. The Morgan fingerprint density at radius 1 is 1.22 bits per heavy atom. The average molecular weight is 256 g/mol. The molecule has 3 atom stereocenters. The molecule has 0 saturated carbocycles.